The second kappa shape index (κ2) is 18.0. The van der Waals surface area contributed by atoms with Gasteiger partial charge in [0.2, 0.25) is 0 Å². The highest BCUT2D eigenvalue weighted by atomic mass is 16.7. The Labute approximate surface area is 301 Å². The molecular weight excluding hydrogens is 640 g/mol. The van der Waals surface area contributed by atoms with Crippen LogP contribution in [-0.2, 0) is 66.3 Å². The lowest BCUT2D eigenvalue weighted by molar-refractivity contribution is -0.280. The predicted octanol–water partition coefficient (Wildman–Crippen LogP) is 8.09. The summed E-state index contributed by atoms with van der Waals surface area (Å²) in [5, 5.41) is 0. The van der Waals surface area contributed by atoms with Gasteiger partial charge in [-0.1, -0.05) is 151 Å². The molecule has 1 fully saturated rings. The Balaban J connectivity index is 1.34. The van der Waals surface area contributed by atoms with Crippen LogP contribution in [0, 0.1) is 13.8 Å². The molecule has 264 valence electrons. The molecule has 0 bridgehead atoms. The molecule has 3 atom stereocenters. The zero-order chi connectivity index (χ0) is 35.3. The van der Waals surface area contributed by atoms with E-state index in [0.717, 1.165) is 38.9 Å². The number of hydrogen-bond acceptors (Lipinski definition) is 7. The van der Waals surface area contributed by atoms with E-state index in [1.54, 1.807) is 0 Å². The summed E-state index contributed by atoms with van der Waals surface area (Å²) in [6.45, 7) is 5.42. The predicted molar refractivity (Wildman–Crippen MR) is 196 cm³/mol. The lowest BCUT2D eigenvalue weighted by atomic mass is 9.87. The maximum atomic E-state index is 14.2. The molecular formula is C44H46O7. The molecule has 51 heavy (non-hydrogen) atoms. The van der Waals surface area contributed by atoms with Gasteiger partial charge in [-0.15, -0.1) is 0 Å². The zero-order valence-electron chi connectivity index (χ0n) is 29.3. The van der Waals surface area contributed by atoms with Crippen LogP contribution in [0.15, 0.2) is 140 Å². The maximum absolute atomic E-state index is 14.2. The molecule has 5 aromatic rings. The maximum Gasteiger partial charge on any atom is 0.338 e. The van der Waals surface area contributed by atoms with Crippen molar-refractivity contribution >= 4 is 5.97 Å². The van der Waals surface area contributed by atoms with Gasteiger partial charge in [-0.25, -0.2) is 4.79 Å². The zero-order valence-corrected chi connectivity index (χ0v) is 29.3. The number of rotatable bonds is 17. The van der Waals surface area contributed by atoms with Gasteiger partial charge in [-0.2, -0.15) is 0 Å². The number of ether oxygens (including phenoxy) is 6. The van der Waals surface area contributed by atoms with E-state index in [-0.39, 0.29) is 33.0 Å². The quantitative estimate of drug-likeness (QED) is 0.0916. The number of benzene rings is 5. The summed E-state index contributed by atoms with van der Waals surface area (Å²) in [5.74, 6) is -0.554. The average Bonchev–Trinajstić information content (AvgIpc) is 3.16. The van der Waals surface area contributed by atoms with Crippen molar-refractivity contribution in [2.45, 2.75) is 70.8 Å². The fraction of sp³-hybridized carbons (Fsp3) is 0.295. The van der Waals surface area contributed by atoms with Crippen molar-refractivity contribution in [2.75, 3.05) is 13.2 Å². The van der Waals surface area contributed by atoms with Gasteiger partial charge in [0.15, 0.2) is 11.7 Å². The van der Waals surface area contributed by atoms with Crippen molar-refractivity contribution < 1.29 is 33.2 Å². The molecule has 0 radical (unpaired) electrons. The summed E-state index contributed by atoms with van der Waals surface area (Å²) in [5.41, 5.74) is 5.81. The number of carbonyl (C=O) groups is 1. The third-order valence-corrected chi connectivity index (χ3v) is 8.95. The van der Waals surface area contributed by atoms with Gasteiger partial charge in [0.05, 0.1) is 46.2 Å². The second-order valence-corrected chi connectivity index (χ2v) is 13.1. The van der Waals surface area contributed by atoms with Gasteiger partial charge in [-0.3, -0.25) is 0 Å². The van der Waals surface area contributed by atoms with E-state index in [9.17, 15) is 4.79 Å². The molecule has 0 unspecified atom stereocenters. The van der Waals surface area contributed by atoms with Crippen molar-refractivity contribution in [3.05, 3.63) is 178 Å². The van der Waals surface area contributed by atoms with E-state index >= 15 is 0 Å². The Hall–Kier alpha value is -4.63. The van der Waals surface area contributed by atoms with Crippen LogP contribution in [0.5, 0.6) is 0 Å². The lowest BCUT2D eigenvalue weighted by Crippen LogP contribution is -2.68. The van der Waals surface area contributed by atoms with Crippen LogP contribution in [0.3, 0.4) is 0 Å². The second-order valence-electron chi connectivity index (χ2n) is 13.1. The van der Waals surface area contributed by atoms with Gasteiger partial charge in [0, 0.05) is 0 Å². The van der Waals surface area contributed by atoms with Crippen LogP contribution in [0.1, 0.15) is 38.9 Å². The third-order valence-electron chi connectivity index (χ3n) is 8.95. The highest BCUT2D eigenvalue weighted by molar-refractivity contribution is 5.77. The topological polar surface area (TPSA) is 72.5 Å². The van der Waals surface area contributed by atoms with Crippen molar-refractivity contribution in [3.8, 4) is 0 Å². The number of cyclic esters (lactones) is 1. The molecule has 0 aromatic heterocycles. The molecule has 7 heteroatoms. The Morgan fingerprint density at radius 1 is 0.490 bits per heavy atom. The molecule has 6 rings (SSSR count). The third kappa shape index (κ3) is 10.2. The number of aryl methyl sites for hydroxylation is 2. The number of hydrogen-bond donors (Lipinski definition) is 0. The Bertz CT molecular complexity index is 1710. The van der Waals surface area contributed by atoms with Crippen LogP contribution in [0.4, 0.5) is 0 Å². The largest absolute Gasteiger partial charge is 0.449 e. The van der Waals surface area contributed by atoms with Crippen molar-refractivity contribution in [1.82, 2.24) is 0 Å². The van der Waals surface area contributed by atoms with Crippen LogP contribution in [0.25, 0.3) is 0 Å². The summed E-state index contributed by atoms with van der Waals surface area (Å²) in [6.07, 6.45) is -2.75. The Kier molecular flexibility index (Phi) is 12.8. The van der Waals surface area contributed by atoms with Crippen LogP contribution in [0.2, 0.25) is 0 Å². The molecule has 1 heterocycles. The summed E-state index contributed by atoms with van der Waals surface area (Å²) in [7, 11) is 0. The molecule has 0 aliphatic carbocycles. The van der Waals surface area contributed by atoms with E-state index in [0.29, 0.717) is 13.2 Å². The molecule has 1 saturated heterocycles. The summed E-state index contributed by atoms with van der Waals surface area (Å²) >= 11 is 0. The first kappa shape index (κ1) is 36.2. The van der Waals surface area contributed by atoms with Crippen molar-refractivity contribution in [1.29, 1.82) is 0 Å². The fourth-order valence-electron chi connectivity index (χ4n) is 6.10. The first-order chi connectivity index (χ1) is 25.0. The van der Waals surface area contributed by atoms with Gasteiger partial charge in [0.25, 0.3) is 0 Å². The van der Waals surface area contributed by atoms with E-state index in [1.807, 2.05) is 153 Å². The van der Waals surface area contributed by atoms with Gasteiger partial charge < -0.3 is 28.4 Å². The van der Waals surface area contributed by atoms with Gasteiger partial charge in [0.1, 0.15) is 12.2 Å². The number of carbonyl (C=O) groups excluding carboxylic acids is 1. The minimum atomic E-state index is -1.37. The first-order valence-corrected chi connectivity index (χ1v) is 17.4. The molecule has 7 nitrogen and oxygen atoms in total. The average molecular weight is 687 g/mol. The van der Waals surface area contributed by atoms with Gasteiger partial charge >= 0.3 is 5.97 Å². The lowest BCUT2D eigenvalue weighted by Gasteiger charge is -2.48. The Morgan fingerprint density at radius 3 is 1.33 bits per heavy atom. The standard InChI is InChI=1S/C44H46O7/c1-33-18-22-38(23-19-33)26-46-31-44(32-47-27-39-24-20-34(2)21-25-39)42(50-30-37-16-10-5-11-17-37)40(48-28-35-12-6-3-7-13-35)41(43(45)51-44)49-29-36-14-8-4-9-15-36/h3-25,40-42H,26-32H2,1-2H3/t40-,41-,42+/m1/s1. The summed E-state index contributed by atoms with van der Waals surface area (Å²) in [6, 6.07) is 45.8. The molecule has 5 aromatic carbocycles. The van der Waals surface area contributed by atoms with Gasteiger partial charge in [-0.05, 0) is 41.7 Å². The monoisotopic (exact) mass is 686 g/mol. The van der Waals surface area contributed by atoms with E-state index in [1.165, 1.54) is 0 Å². The summed E-state index contributed by atoms with van der Waals surface area (Å²) in [4.78, 5) is 14.2. The highest BCUT2D eigenvalue weighted by Crippen LogP contribution is 2.36. The highest BCUT2D eigenvalue weighted by Gasteiger charge is 2.58. The molecule has 0 amide bonds. The van der Waals surface area contributed by atoms with Crippen LogP contribution in [-0.4, -0.2) is 43.1 Å². The van der Waals surface area contributed by atoms with E-state index < -0.39 is 29.9 Å². The van der Waals surface area contributed by atoms with Crippen LogP contribution >= 0.6 is 0 Å². The number of esters is 1. The van der Waals surface area contributed by atoms with Crippen molar-refractivity contribution in [2.24, 2.45) is 0 Å². The molecule has 1 aliphatic heterocycles. The smallest absolute Gasteiger partial charge is 0.338 e. The fourth-order valence-corrected chi connectivity index (χ4v) is 6.10. The normalized spacial score (nSPS) is 18.3. The van der Waals surface area contributed by atoms with E-state index in [4.69, 9.17) is 28.4 Å². The van der Waals surface area contributed by atoms with Crippen molar-refractivity contribution in [3.63, 3.8) is 0 Å². The Morgan fingerprint density at radius 2 is 0.882 bits per heavy atom. The summed E-state index contributed by atoms with van der Waals surface area (Å²) < 4.78 is 39.1. The SMILES string of the molecule is Cc1ccc(COCC2(COCc3ccc(C)cc3)OC(=O)[C@H](OCc3ccccc3)[C@@H](OCc3ccccc3)[C@@H]2OCc2ccccc2)cc1. The first-order valence-electron chi connectivity index (χ1n) is 17.4. The molecule has 1 aliphatic rings. The molecule has 0 N–H and O–H groups in total. The molecule has 0 spiro atoms. The van der Waals surface area contributed by atoms with Crippen LogP contribution < -0.4 is 0 Å². The van der Waals surface area contributed by atoms with E-state index in [2.05, 4.69) is 0 Å². The minimum absolute atomic E-state index is 0.0105. The minimum Gasteiger partial charge on any atom is -0.449 e. The molecule has 0 saturated carbocycles.